The molecule has 0 aromatic carbocycles. The van der Waals surface area contributed by atoms with Gasteiger partial charge in [0, 0.05) is 24.3 Å². The van der Waals surface area contributed by atoms with Crippen LogP contribution in [0.3, 0.4) is 0 Å². The van der Waals surface area contributed by atoms with Crippen LogP contribution in [0.2, 0.25) is 0 Å². The van der Waals surface area contributed by atoms with E-state index in [0.717, 1.165) is 37.3 Å². The van der Waals surface area contributed by atoms with E-state index in [1.165, 1.54) is 44.9 Å². The number of aromatic hydroxyl groups is 1. The Bertz CT molecular complexity index is 580. The molecule has 1 aliphatic carbocycles. The second-order valence-electron chi connectivity index (χ2n) is 7.30. The molecule has 1 saturated carbocycles. The average molecular weight is 318 g/mol. The van der Waals surface area contributed by atoms with Crippen molar-refractivity contribution in [2.24, 2.45) is 0 Å². The zero-order valence-corrected chi connectivity index (χ0v) is 14.4. The maximum atomic E-state index is 12.1. The second-order valence-corrected chi connectivity index (χ2v) is 7.30. The number of hydrogen-bond donors (Lipinski definition) is 1. The summed E-state index contributed by atoms with van der Waals surface area (Å²) >= 11 is 0. The lowest BCUT2D eigenvalue weighted by atomic mass is 10.1. The molecule has 2 aliphatic rings. The van der Waals surface area contributed by atoms with E-state index in [1.54, 1.807) is 6.07 Å². The maximum absolute atomic E-state index is 12.1. The molecule has 0 atom stereocenters. The minimum Gasteiger partial charge on any atom is -0.503 e. The minimum atomic E-state index is -0.223. The molecule has 3 rings (SSSR count). The second kappa shape index (κ2) is 7.52. The van der Waals surface area contributed by atoms with Crippen LogP contribution in [0.25, 0.3) is 0 Å². The highest BCUT2D eigenvalue weighted by Crippen LogP contribution is 2.31. The van der Waals surface area contributed by atoms with Crippen molar-refractivity contribution in [2.75, 3.05) is 13.1 Å². The van der Waals surface area contributed by atoms with Crippen molar-refractivity contribution in [3.8, 4) is 5.75 Å². The van der Waals surface area contributed by atoms with Crippen molar-refractivity contribution < 1.29 is 5.11 Å². The van der Waals surface area contributed by atoms with Gasteiger partial charge in [0.25, 0.3) is 0 Å². The monoisotopic (exact) mass is 318 g/mol. The Labute approximate surface area is 139 Å². The molecule has 2 heterocycles. The van der Waals surface area contributed by atoms with Gasteiger partial charge in [0.05, 0.1) is 5.69 Å². The Morgan fingerprint density at radius 2 is 1.65 bits per heavy atom. The molecule has 1 aromatic rings. The quantitative estimate of drug-likeness (QED) is 0.864. The first-order chi connectivity index (χ1) is 11.2. The van der Waals surface area contributed by atoms with Crippen LogP contribution in [-0.4, -0.2) is 27.7 Å². The summed E-state index contributed by atoms with van der Waals surface area (Å²) in [5, 5.41) is 10.5. The van der Waals surface area contributed by atoms with Gasteiger partial charge in [-0.3, -0.25) is 9.69 Å². The topological polar surface area (TPSA) is 45.5 Å². The van der Waals surface area contributed by atoms with Crippen molar-refractivity contribution >= 4 is 0 Å². The molecule has 1 N–H and O–H groups in total. The molecule has 0 bridgehead atoms. The van der Waals surface area contributed by atoms with Crippen molar-refractivity contribution in [1.29, 1.82) is 0 Å². The maximum Gasteiger partial charge on any atom is 0.223 e. The third-order valence-electron chi connectivity index (χ3n) is 5.53. The van der Waals surface area contributed by atoms with Crippen LogP contribution in [0.15, 0.2) is 10.9 Å². The molecule has 0 unspecified atom stereocenters. The summed E-state index contributed by atoms with van der Waals surface area (Å²) in [7, 11) is 0. The Hall–Kier alpha value is -1.29. The van der Waals surface area contributed by atoms with Crippen LogP contribution < -0.4 is 5.43 Å². The highest BCUT2D eigenvalue weighted by molar-refractivity contribution is 5.30. The Kier molecular flexibility index (Phi) is 5.42. The average Bonchev–Trinajstić information content (AvgIpc) is 2.82. The molecule has 4 heteroatoms. The molecule has 1 saturated heterocycles. The van der Waals surface area contributed by atoms with Crippen molar-refractivity contribution in [3.05, 3.63) is 27.7 Å². The normalized spacial score (nSPS) is 21.3. The number of hydrogen-bond acceptors (Lipinski definition) is 3. The van der Waals surface area contributed by atoms with Crippen LogP contribution in [0.5, 0.6) is 5.75 Å². The van der Waals surface area contributed by atoms with E-state index in [-0.39, 0.29) is 11.2 Å². The number of nitrogens with zero attached hydrogens (tertiary/aromatic N) is 2. The molecule has 1 aromatic heterocycles. The van der Waals surface area contributed by atoms with Gasteiger partial charge >= 0.3 is 0 Å². The third-order valence-corrected chi connectivity index (χ3v) is 5.53. The fourth-order valence-electron chi connectivity index (χ4n) is 4.30. The predicted octanol–water partition coefficient (Wildman–Crippen LogP) is 3.74. The van der Waals surface area contributed by atoms with Gasteiger partial charge in [0.15, 0.2) is 5.75 Å². The van der Waals surface area contributed by atoms with Gasteiger partial charge in [-0.1, -0.05) is 32.1 Å². The molecule has 128 valence electrons. The smallest absolute Gasteiger partial charge is 0.223 e. The van der Waals surface area contributed by atoms with Gasteiger partial charge in [-0.05, 0) is 45.7 Å². The molecular formula is C19H30N2O2. The fraction of sp³-hybridized carbons (Fsp3) is 0.737. The van der Waals surface area contributed by atoms with E-state index < -0.39 is 0 Å². The minimum absolute atomic E-state index is 0.0228. The Morgan fingerprint density at radius 3 is 2.30 bits per heavy atom. The largest absolute Gasteiger partial charge is 0.503 e. The lowest BCUT2D eigenvalue weighted by molar-refractivity contribution is 0.208. The van der Waals surface area contributed by atoms with Gasteiger partial charge in [-0.15, -0.1) is 0 Å². The molecule has 0 amide bonds. The highest BCUT2D eigenvalue weighted by Gasteiger charge is 2.23. The molecule has 23 heavy (non-hydrogen) atoms. The van der Waals surface area contributed by atoms with E-state index in [2.05, 4.69) is 9.47 Å². The van der Waals surface area contributed by atoms with Crippen molar-refractivity contribution in [1.82, 2.24) is 9.47 Å². The Morgan fingerprint density at radius 1 is 1.04 bits per heavy atom. The molecular weight excluding hydrogens is 288 g/mol. The SMILES string of the molecule is Cc1cc(=O)c(O)c(CN2CCCCC2)n1C1CCCCCC1. The van der Waals surface area contributed by atoms with Crippen LogP contribution in [0.1, 0.15) is 75.2 Å². The fourth-order valence-corrected chi connectivity index (χ4v) is 4.30. The van der Waals surface area contributed by atoms with Crippen LogP contribution in [0.4, 0.5) is 0 Å². The highest BCUT2D eigenvalue weighted by atomic mass is 16.3. The summed E-state index contributed by atoms with van der Waals surface area (Å²) in [6, 6.07) is 2.05. The Balaban J connectivity index is 1.95. The summed E-state index contributed by atoms with van der Waals surface area (Å²) in [6.45, 7) is 4.88. The number of aromatic nitrogens is 1. The van der Waals surface area contributed by atoms with Crippen LogP contribution in [0, 0.1) is 6.92 Å². The van der Waals surface area contributed by atoms with E-state index in [4.69, 9.17) is 0 Å². The van der Waals surface area contributed by atoms with Crippen LogP contribution >= 0.6 is 0 Å². The summed E-state index contributed by atoms with van der Waals surface area (Å²) in [5.41, 5.74) is 1.63. The number of aryl methyl sites for hydroxylation is 1. The lowest BCUT2D eigenvalue weighted by Gasteiger charge is -2.31. The van der Waals surface area contributed by atoms with Gasteiger partial charge < -0.3 is 9.67 Å². The predicted molar refractivity (Wildman–Crippen MR) is 93.0 cm³/mol. The third kappa shape index (κ3) is 3.79. The molecule has 4 nitrogen and oxygen atoms in total. The first kappa shape index (κ1) is 16.6. The summed E-state index contributed by atoms with van der Waals surface area (Å²) in [5.74, 6) is -0.0228. The molecule has 1 aliphatic heterocycles. The summed E-state index contributed by atoms with van der Waals surface area (Å²) in [6.07, 6.45) is 11.2. The van der Waals surface area contributed by atoms with Gasteiger partial charge in [0.2, 0.25) is 5.43 Å². The number of likely N-dealkylation sites (tertiary alicyclic amines) is 1. The number of rotatable bonds is 3. The first-order valence-corrected chi connectivity index (χ1v) is 9.33. The van der Waals surface area contributed by atoms with Crippen LogP contribution in [-0.2, 0) is 6.54 Å². The molecule has 0 radical (unpaired) electrons. The number of pyridine rings is 1. The van der Waals surface area contributed by atoms with E-state index >= 15 is 0 Å². The van der Waals surface area contributed by atoms with E-state index in [9.17, 15) is 9.90 Å². The summed E-state index contributed by atoms with van der Waals surface area (Å²) in [4.78, 5) is 14.5. The summed E-state index contributed by atoms with van der Waals surface area (Å²) < 4.78 is 2.29. The first-order valence-electron chi connectivity index (χ1n) is 9.33. The molecule has 2 fully saturated rings. The van der Waals surface area contributed by atoms with Gasteiger partial charge in [-0.2, -0.15) is 0 Å². The van der Waals surface area contributed by atoms with Gasteiger partial charge in [-0.25, -0.2) is 0 Å². The number of piperidine rings is 1. The van der Waals surface area contributed by atoms with E-state index in [1.807, 2.05) is 6.92 Å². The van der Waals surface area contributed by atoms with E-state index in [0.29, 0.717) is 12.6 Å². The standard InChI is InChI=1S/C19H30N2O2/c1-15-13-18(22)19(23)17(14-20-11-7-4-8-12-20)21(15)16-9-5-2-3-6-10-16/h13,16,23H,2-12,14H2,1H3. The zero-order valence-electron chi connectivity index (χ0n) is 14.4. The lowest BCUT2D eigenvalue weighted by Crippen LogP contribution is -2.32. The van der Waals surface area contributed by atoms with Crippen molar-refractivity contribution in [3.63, 3.8) is 0 Å². The zero-order chi connectivity index (χ0) is 16.2. The van der Waals surface area contributed by atoms with Gasteiger partial charge in [0.1, 0.15) is 0 Å². The van der Waals surface area contributed by atoms with Crippen molar-refractivity contribution in [2.45, 2.75) is 77.3 Å². The molecule has 0 spiro atoms.